The highest BCUT2D eigenvalue weighted by molar-refractivity contribution is 6.04. The lowest BCUT2D eigenvalue weighted by molar-refractivity contribution is -0.128. The van der Waals surface area contributed by atoms with E-state index in [2.05, 4.69) is 15.5 Å². The number of hydrogen-bond acceptors (Lipinski definition) is 5. The van der Waals surface area contributed by atoms with Crippen LogP contribution in [-0.4, -0.2) is 33.0 Å². The van der Waals surface area contributed by atoms with E-state index < -0.39 is 12.1 Å². The zero-order valence-electron chi connectivity index (χ0n) is 12.3. The molecule has 0 bridgehead atoms. The molecule has 1 aliphatic rings. The summed E-state index contributed by atoms with van der Waals surface area (Å²) in [5.74, 6) is 0.429. The van der Waals surface area contributed by atoms with Crippen molar-refractivity contribution in [3.8, 4) is 11.4 Å². The van der Waals surface area contributed by atoms with Crippen LogP contribution < -0.4 is 5.32 Å². The molecule has 7 heteroatoms. The molecule has 3 rings (SSSR count). The first-order valence-corrected chi connectivity index (χ1v) is 7.06. The molecule has 0 spiro atoms. The van der Waals surface area contributed by atoms with Crippen LogP contribution in [0.2, 0.25) is 0 Å². The largest absolute Gasteiger partial charge is 0.337 e. The Morgan fingerprint density at radius 1 is 1.27 bits per heavy atom. The summed E-state index contributed by atoms with van der Waals surface area (Å²) in [4.78, 5) is 29.4. The topological polar surface area (TPSA) is 88.3 Å². The van der Waals surface area contributed by atoms with Crippen LogP contribution in [0.5, 0.6) is 0 Å². The number of carbonyl (C=O) groups excluding carboxylic acids is 2. The molecule has 1 aromatic carbocycles. The van der Waals surface area contributed by atoms with E-state index in [9.17, 15) is 9.59 Å². The van der Waals surface area contributed by atoms with Gasteiger partial charge in [-0.25, -0.2) is 4.79 Å². The zero-order chi connectivity index (χ0) is 15.7. The maximum Gasteiger partial charge on any atom is 0.325 e. The second-order valence-electron chi connectivity index (χ2n) is 5.47. The molecule has 1 saturated heterocycles. The van der Waals surface area contributed by atoms with Gasteiger partial charge in [0.25, 0.3) is 5.91 Å². The number of rotatable bonds is 4. The standard InChI is InChI=1S/C15H16N4O3/c1-9(2)12-14(20)19(15(21)17-12)8-11-16-13(18-22-11)10-6-4-3-5-7-10/h3-7,9,12H,8H2,1-2H3,(H,17,21). The van der Waals surface area contributed by atoms with Gasteiger partial charge in [-0.05, 0) is 5.92 Å². The third-order valence-electron chi connectivity index (χ3n) is 3.52. The fraction of sp³-hybridized carbons (Fsp3) is 0.333. The van der Waals surface area contributed by atoms with Gasteiger partial charge in [-0.3, -0.25) is 9.69 Å². The summed E-state index contributed by atoms with van der Waals surface area (Å²) in [7, 11) is 0. The van der Waals surface area contributed by atoms with E-state index >= 15 is 0 Å². The number of benzene rings is 1. The van der Waals surface area contributed by atoms with E-state index in [1.807, 2.05) is 44.2 Å². The van der Waals surface area contributed by atoms with Gasteiger partial charge in [0, 0.05) is 5.56 Å². The Hall–Kier alpha value is -2.70. The van der Waals surface area contributed by atoms with Crippen LogP contribution in [-0.2, 0) is 11.3 Å². The highest BCUT2D eigenvalue weighted by atomic mass is 16.5. The van der Waals surface area contributed by atoms with Crippen LogP contribution in [0, 0.1) is 5.92 Å². The Morgan fingerprint density at radius 2 is 2.00 bits per heavy atom. The molecule has 2 aromatic rings. The highest BCUT2D eigenvalue weighted by Crippen LogP contribution is 2.18. The summed E-state index contributed by atoms with van der Waals surface area (Å²) in [6.45, 7) is 3.74. The third kappa shape index (κ3) is 2.57. The number of nitrogens with zero attached hydrogens (tertiary/aromatic N) is 3. The molecule has 7 nitrogen and oxygen atoms in total. The Kier molecular flexibility index (Phi) is 3.62. The van der Waals surface area contributed by atoms with Crippen LogP contribution in [0.1, 0.15) is 19.7 Å². The number of urea groups is 1. The second-order valence-corrected chi connectivity index (χ2v) is 5.47. The maximum atomic E-state index is 12.2. The Balaban J connectivity index is 1.76. The molecule has 1 atom stereocenters. The molecule has 1 unspecified atom stereocenters. The minimum Gasteiger partial charge on any atom is -0.337 e. The van der Waals surface area contributed by atoms with Gasteiger partial charge in [-0.2, -0.15) is 4.98 Å². The van der Waals surface area contributed by atoms with Gasteiger partial charge >= 0.3 is 6.03 Å². The van der Waals surface area contributed by atoms with E-state index in [-0.39, 0.29) is 24.3 Å². The average Bonchev–Trinajstić information content (AvgIpc) is 3.08. The summed E-state index contributed by atoms with van der Waals surface area (Å²) in [5, 5.41) is 6.54. The first kappa shape index (κ1) is 14.2. The summed E-state index contributed by atoms with van der Waals surface area (Å²) in [6, 6.07) is 8.43. The number of imide groups is 1. The van der Waals surface area contributed by atoms with Crippen molar-refractivity contribution in [1.82, 2.24) is 20.4 Å². The van der Waals surface area contributed by atoms with Gasteiger partial charge in [-0.1, -0.05) is 49.3 Å². The third-order valence-corrected chi connectivity index (χ3v) is 3.52. The monoisotopic (exact) mass is 300 g/mol. The van der Waals surface area contributed by atoms with Gasteiger partial charge < -0.3 is 9.84 Å². The predicted molar refractivity (Wildman–Crippen MR) is 77.4 cm³/mol. The van der Waals surface area contributed by atoms with Crippen molar-refractivity contribution in [1.29, 1.82) is 0 Å². The molecule has 1 aliphatic heterocycles. The first-order valence-electron chi connectivity index (χ1n) is 7.06. The molecule has 3 amide bonds. The first-order chi connectivity index (χ1) is 10.6. The molecule has 1 fully saturated rings. The molecule has 2 heterocycles. The predicted octanol–water partition coefficient (Wildman–Crippen LogP) is 1.81. The van der Waals surface area contributed by atoms with E-state index in [4.69, 9.17) is 4.52 Å². The second kappa shape index (κ2) is 5.59. The minimum absolute atomic E-state index is 0.0201. The van der Waals surface area contributed by atoms with E-state index in [0.29, 0.717) is 5.82 Å². The summed E-state index contributed by atoms with van der Waals surface area (Å²) < 4.78 is 5.14. The van der Waals surface area contributed by atoms with Crippen molar-refractivity contribution in [2.24, 2.45) is 5.92 Å². The smallest absolute Gasteiger partial charge is 0.325 e. The molecular formula is C15H16N4O3. The normalized spacial score (nSPS) is 18.1. The van der Waals surface area contributed by atoms with Gasteiger partial charge in [0.05, 0.1) is 0 Å². The summed E-state index contributed by atoms with van der Waals surface area (Å²) >= 11 is 0. The van der Waals surface area contributed by atoms with Crippen LogP contribution in [0.3, 0.4) is 0 Å². The lowest BCUT2D eigenvalue weighted by atomic mass is 10.1. The van der Waals surface area contributed by atoms with Crippen LogP contribution in [0.15, 0.2) is 34.9 Å². The Morgan fingerprint density at radius 3 is 2.64 bits per heavy atom. The van der Waals surface area contributed by atoms with Gasteiger partial charge in [0.1, 0.15) is 12.6 Å². The minimum atomic E-state index is -0.496. The summed E-state index contributed by atoms with van der Waals surface area (Å²) in [6.07, 6.45) is 0. The van der Waals surface area contributed by atoms with Crippen molar-refractivity contribution in [3.63, 3.8) is 0 Å². The van der Waals surface area contributed by atoms with Gasteiger partial charge in [0.15, 0.2) is 0 Å². The van der Waals surface area contributed by atoms with Gasteiger partial charge in [0.2, 0.25) is 11.7 Å². The van der Waals surface area contributed by atoms with Crippen LogP contribution in [0.25, 0.3) is 11.4 Å². The molecule has 114 valence electrons. The Bertz CT molecular complexity index is 696. The van der Waals surface area contributed by atoms with Crippen molar-refractivity contribution < 1.29 is 14.1 Å². The highest BCUT2D eigenvalue weighted by Gasteiger charge is 2.40. The molecule has 1 N–H and O–H groups in total. The number of amides is 3. The molecule has 1 aromatic heterocycles. The van der Waals surface area contributed by atoms with E-state index in [1.54, 1.807) is 0 Å². The number of carbonyl (C=O) groups is 2. The number of hydrogen-bond donors (Lipinski definition) is 1. The quantitative estimate of drug-likeness (QED) is 0.870. The SMILES string of the molecule is CC(C)C1NC(=O)N(Cc2nc(-c3ccccc3)no2)C1=O. The molecule has 22 heavy (non-hydrogen) atoms. The fourth-order valence-electron chi connectivity index (χ4n) is 2.30. The lowest BCUT2D eigenvalue weighted by Gasteiger charge is -2.12. The van der Waals surface area contributed by atoms with E-state index in [0.717, 1.165) is 10.5 Å². The van der Waals surface area contributed by atoms with Crippen molar-refractivity contribution >= 4 is 11.9 Å². The number of nitrogens with one attached hydrogen (secondary N) is 1. The maximum absolute atomic E-state index is 12.2. The molecule has 0 aliphatic carbocycles. The molecule has 0 radical (unpaired) electrons. The average molecular weight is 300 g/mol. The molecule has 0 saturated carbocycles. The molecular weight excluding hydrogens is 284 g/mol. The van der Waals surface area contributed by atoms with Crippen molar-refractivity contribution in [2.75, 3.05) is 0 Å². The zero-order valence-corrected chi connectivity index (χ0v) is 12.3. The van der Waals surface area contributed by atoms with E-state index in [1.165, 1.54) is 0 Å². The van der Waals surface area contributed by atoms with Crippen LogP contribution >= 0.6 is 0 Å². The van der Waals surface area contributed by atoms with Crippen molar-refractivity contribution in [2.45, 2.75) is 26.4 Å². The summed E-state index contributed by atoms with van der Waals surface area (Å²) in [5.41, 5.74) is 0.815. The number of aromatic nitrogens is 2. The van der Waals surface area contributed by atoms with Crippen molar-refractivity contribution in [3.05, 3.63) is 36.2 Å². The Labute approximate surface area is 127 Å². The van der Waals surface area contributed by atoms with Gasteiger partial charge in [-0.15, -0.1) is 0 Å². The fourth-order valence-corrected chi connectivity index (χ4v) is 2.30. The van der Waals surface area contributed by atoms with Crippen LogP contribution in [0.4, 0.5) is 4.79 Å². The lowest BCUT2D eigenvalue weighted by Crippen LogP contribution is -2.34.